The van der Waals surface area contributed by atoms with Crippen molar-refractivity contribution in [1.82, 2.24) is 4.90 Å². The molecular formula is C17H30N2O2. The van der Waals surface area contributed by atoms with Crippen LogP contribution in [0.25, 0.3) is 0 Å². The summed E-state index contributed by atoms with van der Waals surface area (Å²) in [5, 5.41) is 0. The highest BCUT2D eigenvalue weighted by Gasteiger charge is 2.32. The highest BCUT2D eigenvalue weighted by atomic mass is 16.2. The lowest BCUT2D eigenvalue weighted by Gasteiger charge is -2.36. The fourth-order valence-corrected chi connectivity index (χ4v) is 3.93. The number of amides is 2. The largest absolute Gasteiger partial charge is 0.370 e. The molecule has 0 aromatic heterocycles. The molecule has 0 aromatic rings. The summed E-state index contributed by atoms with van der Waals surface area (Å²) in [5.41, 5.74) is 5.25. The fraction of sp³-hybridized carbons (Fsp3) is 0.882. The first kappa shape index (κ1) is 16.3. The summed E-state index contributed by atoms with van der Waals surface area (Å²) in [5.74, 6) is 2.30. The summed E-state index contributed by atoms with van der Waals surface area (Å²) < 4.78 is 0. The highest BCUT2D eigenvalue weighted by molar-refractivity contribution is 5.79. The number of carbonyl (C=O) groups is 2. The minimum atomic E-state index is -0.216. The van der Waals surface area contributed by atoms with Crippen molar-refractivity contribution in [1.29, 1.82) is 0 Å². The molecule has 2 fully saturated rings. The van der Waals surface area contributed by atoms with E-state index in [0.29, 0.717) is 18.2 Å². The Balaban J connectivity index is 1.76. The van der Waals surface area contributed by atoms with E-state index in [9.17, 15) is 9.59 Å². The van der Waals surface area contributed by atoms with Gasteiger partial charge in [0.05, 0.1) is 0 Å². The maximum atomic E-state index is 12.6. The Labute approximate surface area is 128 Å². The van der Waals surface area contributed by atoms with Crippen LogP contribution in [0.4, 0.5) is 0 Å². The summed E-state index contributed by atoms with van der Waals surface area (Å²) in [6.07, 6.45) is 6.85. The second kappa shape index (κ2) is 7.28. The van der Waals surface area contributed by atoms with Gasteiger partial charge in [0.15, 0.2) is 0 Å². The van der Waals surface area contributed by atoms with E-state index in [1.54, 1.807) is 0 Å². The molecule has 1 aliphatic carbocycles. The standard InChI is InChI=1S/C17H30N2O2/c1-12(2)14-3-5-15(6-4-14)17(21)19-9-7-13(8-10-19)11-16(18)20/h12-15H,3-11H2,1-2H3,(H2,18,20). The molecule has 2 N–H and O–H groups in total. The highest BCUT2D eigenvalue weighted by Crippen LogP contribution is 2.34. The average molecular weight is 294 g/mol. The fourth-order valence-electron chi connectivity index (χ4n) is 3.93. The SMILES string of the molecule is CC(C)C1CCC(C(=O)N2CCC(CC(N)=O)CC2)CC1. The number of carbonyl (C=O) groups excluding carboxylic acids is 2. The van der Waals surface area contributed by atoms with Gasteiger partial charge in [0.2, 0.25) is 11.8 Å². The summed E-state index contributed by atoms with van der Waals surface area (Å²) in [6, 6.07) is 0. The van der Waals surface area contributed by atoms with E-state index in [-0.39, 0.29) is 11.8 Å². The molecule has 0 atom stereocenters. The molecule has 2 aliphatic rings. The van der Waals surface area contributed by atoms with E-state index in [1.165, 1.54) is 12.8 Å². The number of piperidine rings is 1. The molecular weight excluding hydrogens is 264 g/mol. The van der Waals surface area contributed by atoms with E-state index < -0.39 is 0 Å². The number of nitrogens with two attached hydrogens (primary N) is 1. The van der Waals surface area contributed by atoms with Gasteiger partial charge in [-0.15, -0.1) is 0 Å². The first-order valence-corrected chi connectivity index (χ1v) is 8.54. The van der Waals surface area contributed by atoms with Crippen LogP contribution in [0.2, 0.25) is 0 Å². The van der Waals surface area contributed by atoms with Gasteiger partial charge in [0.25, 0.3) is 0 Å². The van der Waals surface area contributed by atoms with Crippen LogP contribution >= 0.6 is 0 Å². The number of hydrogen-bond donors (Lipinski definition) is 1. The third-order valence-electron chi connectivity index (χ3n) is 5.48. The van der Waals surface area contributed by atoms with E-state index in [4.69, 9.17) is 5.73 Å². The molecule has 0 radical (unpaired) electrons. The van der Waals surface area contributed by atoms with Crippen molar-refractivity contribution in [2.75, 3.05) is 13.1 Å². The molecule has 0 aromatic carbocycles. The lowest BCUT2D eigenvalue weighted by Crippen LogP contribution is -2.43. The van der Waals surface area contributed by atoms with Crippen LogP contribution in [-0.4, -0.2) is 29.8 Å². The number of nitrogens with zero attached hydrogens (tertiary/aromatic N) is 1. The number of rotatable bonds is 4. The Morgan fingerprint density at radius 3 is 2.10 bits per heavy atom. The smallest absolute Gasteiger partial charge is 0.225 e. The van der Waals surface area contributed by atoms with Crippen molar-refractivity contribution >= 4 is 11.8 Å². The van der Waals surface area contributed by atoms with Crippen LogP contribution in [0.3, 0.4) is 0 Å². The monoisotopic (exact) mass is 294 g/mol. The molecule has 1 saturated carbocycles. The van der Waals surface area contributed by atoms with Crippen LogP contribution in [0.15, 0.2) is 0 Å². The van der Waals surface area contributed by atoms with Crippen molar-refractivity contribution in [3.8, 4) is 0 Å². The molecule has 2 rings (SSSR count). The Morgan fingerprint density at radius 1 is 1.05 bits per heavy atom. The number of primary amides is 1. The van der Waals surface area contributed by atoms with Gasteiger partial charge in [0, 0.05) is 25.4 Å². The predicted molar refractivity (Wildman–Crippen MR) is 83.4 cm³/mol. The minimum Gasteiger partial charge on any atom is -0.370 e. The molecule has 120 valence electrons. The Bertz CT molecular complexity index is 365. The average Bonchev–Trinajstić information content (AvgIpc) is 2.47. The van der Waals surface area contributed by atoms with Crippen molar-refractivity contribution in [3.63, 3.8) is 0 Å². The van der Waals surface area contributed by atoms with Crippen LogP contribution in [0, 0.1) is 23.7 Å². The van der Waals surface area contributed by atoms with Gasteiger partial charge in [0.1, 0.15) is 0 Å². The third-order valence-corrected chi connectivity index (χ3v) is 5.48. The second-order valence-corrected chi connectivity index (χ2v) is 7.29. The zero-order valence-corrected chi connectivity index (χ0v) is 13.5. The molecule has 0 spiro atoms. The minimum absolute atomic E-state index is 0.216. The normalized spacial score (nSPS) is 27.9. The van der Waals surface area contributed by atoms with E-state index in [2.05, 4.69) is 13.8 Å². The molecule has 1 aliphatic heterocycles. The molecule has 4 nitrogen and oxygen atoms in total. The van der Waals surface area contributed by atoms with Gasteiger partial charge in [-0.25, -0.2) is 0 Å². The Kier molecular flexibility index (Phi) is 5.65. The van der Waals surface area contributed by atoms with Gasteiger partial charge in [-0.05, 0) is 56.3 Å². The first-order valence-electron chi connectivity index (χ1n) is 8.54. The number of likely N-dealkylation sites (tertiary alicyclic amines) is 1. The number of hydrogen-bond acceptors (Lipinski definition) is 2. The van der Waals surface area contributed by atoms with Crippen LogP contribution in [0.1, 0.15) is 58.8 Å². The second-order valence-electron chi connectivity index (χ2n) is 7.29. The first-order chi connectivity index (χ1) is 9.97. The topological polar surface area (TPSA) is 63.4 Å². The molecule has 1 saturated heterocycles. The van der Waals surface area contributed by atoms with Gasteiger partial charge < -0.3 is 10.6 Å². The van der Waals surface area contributed by atoms with Crippen molar-refractivity contribution in [2.24, 2.45) is 29.4 Å². The molecule has 4 heteroatoms. The third kappa shape index (κ3) is 4.45. The molecule has 21 heavy (non-hydrogen) atoms. The van der Waals surface area contributed by atoms with E-state index in [0.717, 1.165) is 50.6 Å². The van der Waals surface area contributed by atoms with Gasteiger partial charge >= 0.3 is 0 Å². The lowest BCUT2D eigenvalue weighted by atomic mass is 9.76. The Morgan fingerprint density at radius 2 is 1.62 bits per heavy atom. The Hall–Kier alpha value is -1.06. The quantitative estimate of drug-likeness (QED) is 0.866. The molecule has 1 heterocycles. The summed E-state index contributed by atoms with van der Waals surface area (Å²) in [7, 11) is 0. The molecule has 0 unspecified atom stereocenters. The van der Waals surface area contributed by atoms with Gasteiger partial charge in [-0.2, -0.15) is 0 Å². The summed E-state index contributed by atoms with van der Waals surface area (Å²) >= 11 is 0. The predicted octanol–water partition coefficient (Wildman–Crippen LogP) is 2.56. The van der Waals surface area contributed by atoms with Crippen LogP contribution in [-0.2, 0) is 9.59 Å². The maximum Gasteiger partial charge on any atom is 0.225 e. The van der Waals surface area contributed by atoms with Gasteiger partial charge in [-0.1, -0.05) is 13.8 Å². The van der Waals surface area contributed by atoms with Crippen molar-refractivity contribution in [3.05, 3.63) is 0 Å². The van der Waals surface area contributed by atoms with Crippen LogP contribution < -0.4 is 5.73 Å². The zero-order valence-electron chi connectivity index (χ0n) is 13.5. The lowest BCUT2D eigenvalue weighted by molar-refractivity contribution is -0.138. The summed E-state index contributed by atoms with van der Waals surface area (Å²) in [4.78, 5) is 25.6. The molecule has 0 bridgehead atoms. The van der Waals surface area contributed by atoms with Crippen molar-refractivity contribution in [2.45, 2.75) is 58.8 Å². The summed E-state index contributed by atoms with van der Waals surface area (Å²) in [6.45, 7) is 6.19. The van der Waals surface area contributed by atoms with Crippen molar-refractivity contribution < 1.29 is 9.59 Å². The van der Waals surface area contributed by atoms with E-state index in [1.807, 2.05) is 4.90 Å². The molecule has 2 amide bonds. The van der Waals surface area contributed by atoms with Crippen LogP contribution in [0.5, 0.6) is 0 Å². The van der Waals surface area contributed by atoms with E-state index >= 15 is 0 Å². The van der Waals surface area contributed by atoms with Gasteiger partial charge in [-0.3, -0.25) is 9.59 Å². The maximum absolute atomic E-state index is 12.6. The zero-order chi connectivity index (χ0) is 15.4.